The third-order valence-corrected chi connectivity index (χ3v) is 4.66. The predicted octanol–water partition coefficient (Wildman–Crippen LogP) is -0.228. The summed E-state index contributed by atoms with van der Waals surface area (Å²) in [5.74, 6) is -5.57. The highest BCUT2D eigenvalue weighted by molar-refractivity contribution is 9.06. The SMILES string of the molecule is CC(=O)NC(Cc1ccccc1)(C(=O)OBr)N(CCN(CC(=O)O)CC(=O)O)CC(=O)O. The Morgan fingerprint density at radius 1 is 0.938 bits per heavy atom. The maximum atomic E-state index is 12.9. The van der Waals surface area contributed by atoms with Crippen LogP contribution in [0, 0.1) is 0 Å². The molecule has 0 aliphatic rings. The normalized spacial score (nSPS) is 12.8. The van der Waals surface area contributed by atoms with Crippen molar-refractivity contribution < 1.29 is 43.1 Å². The van der Waals surface area contributed by atoms with Crippen molar-refractivity contribution in [2.24, 2.45) is 0 Å². The molecule has 176 valence electrons. The van der Waals surface area contributed by atoms with Gasteiger partial charge >= 0.3 is 23.9 Å². The Bertz CT molecular complexity index is 821. The van der Waals surface area contributed by atoms with Crippen LogP contribution in [0.5, 0.6) is 0 Å². The first-order valence-corrected chi connectivity index (χ1v) is 9.93. The van der Waals surface area contributed by atoms with E-state index in [1.54, 1.807) is 30.3 Å². The zero-order valence-electron chi connectivity index (χ0n) is 17.2. The summed E-state index contributed by atoms with van der Waals surface area (Å²) in [6.07, 6.45) is -0.178. The quantitative estimate of drug-likeness (QED) is 0.240. The summed E-state index contributed by atoms with van der Waals surface area (Å²) in [4.78, 5) is 60.8. The highest BCUT2D eigenvalue weighted by atomic mass is 79.9. The van der Waals surface area contributed by atoms with Gasteiger partial charge in [0.25, 0.3) is 0 Å². The number of hydrogen-bond acceptors (Lipinski definition) is 8. The van der Waals surface area contributed by atoms with Gasteiger partial charge in [-0.05, 0) is 5.56 Å². The topological polar surface area (TPSA) is 174 Å². The van der Waals surface area contributed by atoms with Gasteiger partial charge in [0.2, 0.25) is 5.91 Å². The van der Waals surface area contributed by atoms with Crippen molar-refractivity contribution in [3.63, 3.8) is 0 Å². The Balaban J connectivity index is 3.40. The van der Waals surface area contributed by atoms with Crippen molar-refractivity contribution in [3.05, 3.63) is 35.9 Å². The lowest BCUT2D eigenvalue weighted by Crippen LogP contribution is -2.68. The van der Waals surface area contributed by atoms with Gasteiger partial charge in [-0.25, -0.2) is 4.79 Å². The van der Waals surface area contributed by atoms with E-state index in [4.69, 9.17) is 14.0 Å². The highest BCUT2D eigenvalue weighted by Crippen LogP contribution is 2.22. The number of carboxylic acids is 3. The van der Waals surface area contributed by atoms with Crippen molar-refractivity contribution in [2.45, 2.75) is 19.0 Å². The summed E-state index contributed by atoms with van der Waals surface area (Å²) < 4.78 is 4.71. The van der Waals surface area contributed by atoms with Crippen LogP contribution >= 0.6 is 16.3 Å². The van der Waals surface area contributed by atoms with E-state index in [0.29, 0.717) is 5.56 Å². The van der Waals surface area contributed by atoms with Crippen molar-refractivity contribution in [2.75, 3.05) is 32.7 Å². The molecule has 0 heterocycles. The largest absolute Gasteiger partial charge is 0.480 e. The number of halogens is 1. The molecule has 32 heavy (non-hydrogen) atoms. The lowest BCUT2D eigenvalue weighted by Gasteiger charge is -2.41. The molecule has 4 N–H and O–H groups in total. The Morgan fingerprint density at radius 3 is 1.91 bits per heavy atom. The van der Waals surface area contributed by atoms with E-state index in [9.17, 15) is 29.1 Å². The second-order valence-electron chi connectivity index (χ2n) is 6.88. The fourth-order valence-electron chi connectivity index (χ4n) is 3.16. The molecule has 1 amide bonds. The third-order valence-electron chi connectivity index (χ3n) is 4.36. The number of carbonyl (C=O) groups is 5. The molecule has 0 fully saturated rings. The van der Waals surface area contributed by atoms with Crippen molar-refractivity contribution >= 4 is 46.0 Å². The molecule has 1 rings (SSSR count). The van der Waals surface area contributed by atoms with Crippen LogP contribution in [0.1, 0.15) is 12.5 Å². The van der Waals surface area contributed by atoms with Gasteiger partial charge in [-0.3, -0.25) is 29.0 Å². The molecule has 1 unspecified atom stereocenters. The molecule has 0 aliphatic heterocycles. The second kappa shape index (κ2) is 12.7. The molecule has 1 aromatic rings. The summed E-state index contributed by atoms with van der Waals surface area (Å²) in [6, 6.07) is 8.44. The molecular formula is C19H24BrN3O9. The van der Waals surface area contributed by atoms with E-state index in [2.05, 4.69) is 21.6 Å². The number of hydrogen-bond donors (Lipinski definition) is 4. The average Bonchev–Trinajstić information content (AvgIpc) is 2.69. The predicted molar refractivity (Wildman–Crippen MR) is 113 cm³/mol. The highest BCUT2D eigenvalue weighted by Gasteiger charge is 2.47. The number of carboxylic acid groups (broad SMARTS) is 3. The minimum absolute atomic E-state index is 0.178. The molecule has 13 heteroatoms. The van der Waals surface area contributed by atoms with Gasteiger partial charge in [0.15, 0.2) is 21.9 Å². The second-order valence-corrected chi connectivity index (χ2v) is 7.21. The molecular weight excluding hydrogens is 494 g/mol. The molecule has 1 aromatic carbocycles. The van der Waals surface area contributed by atoms with Crippen molar-refractivity contribution in [1.82, 2.24) is 15.1 Å². The lowest BCUT2D eigenvalue weighted by atomic mass is 9.96. The van der Waals surface area contributed by atoms with E-state index < -0.39 is 55.1 Å². The smallest absolute Gasteiger partial charge is 0.359 e. The van der Waals surface area contributed by atoms with Crippen LogP contribution in [0.25, 0.3) is 0 Å². The standard InChI is InChI=1S/C19H24BrN3O9/c1-13(24)21-19(18(31)32-20,9-14-5-3-2-4-6-14)23(12-17(29)30)8-7-22(10-15(25)26)11-16(27)28/h2-6H,7-12H2,1H3,(H,21,24)(H,25,26)(H,27,28)(H,29,30). The summed E-state index contributed by atoms with van der Waals surface area (Å²) in [5.41, 5.74) is -1.41. The number of rotatable bonds is 14. The summed E-state index contributed by atoms with van der Waals surface area (Å²) in [5, 5.41) is 30.0. The number of aliphatic carboxylic acids is 3. The van der Waals surface area contributed by atoms with Gasteiger partial charge in [0, 0.05) is 26.4 Å². The molecule has 0 spiro atoms. The zero-order valence-corrected chi connectivity index (χ0v) is 18.8. The van der Waals surface area contributed by atoms with E-state index in [-0.39, 0.29) is 19.5 Å². The van der Waals surface area contributed by atoms with E-state index >= 15 is 0 Å². The third kappa shape index (κ3) is 8.61. The monoisotopic (exact) mass is 517 g/mol. The van der Waals surface area contributed by atoms with Crippen LogP contribution in [0.2, 0.25) is 0 Å². The number of benzene rings is 1. The maximum absolute atomic E-state index is 12.9. The molecule has 12 nitrogen and oxygen atoms in total. The first-order chi connectivity index (χ1) is 15.0. The molecule has 0 radical (unpaired) electrons. The van der Waals surface area contributed by atoms with Crippen LogP contribution in [0.4, 0.5) is 0 Å². The first-order valence-electron chi connectivity index (χ1n) is 9.28. The number of nitrogens with zero attached hydrogens (tertiary/aromatic N) is 2. The maximum Gasteiger partial charge on any atom is 0.359 e. The van der Waals surface area contributed by atoms with Crippen LogP contribution in [0.15, 0.2) is 30.3 Å². The van der Waals surface area contributed by atoms with Gasteiger partial charge < -0.3 is 24.5 Å². The summed E-state index contributed by atoms with van der Waals surface area (Å²) in [6.45, 7) is -1.34. The molecule has 1 atom stereocenters. The average molecular weight is 518 g/mol. The fourth-order valence-corrected chi connectivity index (χ4v) is 3.43. The van der Waals surface area contributed by atoms with Crippen molar-refractivity contribution in [1.29, 1.82) is 0 Å². The van der Waals surface area contributed by atoms with Gasteiger partial charge in [0.1, 0.15) is 0 Å². The van der Waals surface area contributed by atoms with Crippen molar-refractivity contribution in [3.8, 4) is 0 Å². The van der Waals surface area contributed by atoms with Crippen LogP contribution in [-0.4, -0.2) is 93.3 Å². The minimum atomic E-state index is -1.98. The zero-order chi connectivity index (χ0) is 24.3. The Morgan fingerprint density at radius 2 is 1.47 bits per heavy atom. The van der Waals surface area contributed by atoms with Gasteiger partial charge in [-0.1, -0.05) is 30.3 Å². The van der Waals surface area contributed by atoms with Crippen LogP contribution < -0.4 is 5.32 Å². The van der Waals surface area contributed by atoms with Gasteiger partial charge in [0.05, 0.1) is 19.6 Å². The van der Waals surface area contributed by atoms with E-state index in [1.165, 1.54) is 0 Å². The Hall–Kier alpha value is -3.03. The Kier molecular flexibility index (Phi) is 10.7. The minimum Gasteiger partial charge on any atom is -0.480 e. The number of carbonyl (C=O) groups excluding carboxylic acids is 2. The lowest BCUT2D eigenvalue weighted by molar-refractivity contribution is -0.157. The first kappa shape index (κ1) is 27.0. The molecule has 0 aliphatic carbocycles. The molecule has 0 saturated heterocycles. The number of amides is 1. The molecule has 0 aromatic heterocycles. The van der Waals surface area contributed by atoms with Gasteiger partial charge in [-0.15, -0.1) is 0 Å². The number of nitrogens with one attached hydrogen (secondary N) is 1. The van der Waals surface area contributed by atoms with E-state index in [0.717, 1.165) is 16.7 Å². The van der Waals surface area contributed by atoms with E-state index in [1.807, 2.05) is 0 Å². The summed E-state index contributed by atoms with van der Waals surface area (Å²) in [7, 11) is 0. The molecule has 0 bridgehead atoms. The fraction of sp³-hybridized carbons (Fsp3) is 0.421. The van der Waals surface area contributed by atoms with Crippen LogP contribution in [-0.2, 0) is 34.2 Å². The van der Waals surface area contributed by atoms with Gasteiger partial charge in [-0.2, -0.15) is 0 Å². The van der Waals surface area contributed by atoms with Crippen LogP contribution in [0.3, 0.4) is 0 Å². The molecule has 0 saturated carbocycles. The summed E-state index contributed by atoms with van der Waals surface area (Å²) >= 11 is 2.59. The Labute approximate surface area is 192 Å².